The first-order chi connectivity index (χ1) is 10.2. The number of rotatable bonds is 5. The van der Waals surface area contributed by atoms with Crippen LogP contribution in [0.5, 0.6) is 5.75 Å². The molecule has 2 rings (SSSR count). The maximum atomic E-state index is 12.0. The summed E-state index contributed by atoms with van der Waals surface area (Å²) in [4.78, 5) is 12.0. The van der Waals surface area contributed by atoms with Gasteiger partial charge in [0, 0.05) is 12.6 Å². The third-order valence-electron chi connectivity index (χ3n) is 3.03. The van der Waals surface area contributed by atoms with Crippen molar-refractivity contribution in [3.8, 4) is 5.75 Å². The molecule has 6 heteroatoms. The second-order valence-corrected chi connectivity index (χ2v) is 4.44. The summed E-state index contributed by atoms with van der Waals surface area (Å²) in [6.45, 7) is 1.99. The summed E-state index contributed by atoms with van der Waals surface area (Å²) in [5.74, 6) is 0.403. The largest absolute Gasteiger partial charge is 0.496 e. The topological polar surface area (TPSA) is 68.5 Å². The van der Waals surface area contributed by atoms with Gasteiger partial charge in [-0.25, -0.2) is 5.43 Å². The standard InChI is InChI=1S/C15H18N4O2/c1-4-12-9-13(19(2)18-12)15(20)17-16-10-11-7-5-6-8-14(11)21-3/h5-10H,4H2,1-3H3,(H,17,20)/b16-10+. The molecule has 1 N–H and O–H groups in total. The molecule has 0 saturated carbocycles. The molecule has 1 amide bonds. The zero-order chi connectivity index (χ0) is 15.2. The van der Waals surface area contributed by atoms with E-state index in [4.69, 9.17) is 4.74 Å². The van der Waals surface area contributed by atoms with E-state index in [1.165, 1.54) is 0 Å². The van der Waals surface area contributed by atoms with Crippen molar-refractivity contribution in [3.05, 3.63) is 47.3 Å². The number of ether oxygens (including phenoxy) is 1. The minimum Gasteiger partial charge on any atom is -0.496 e. The van der Waals surface area contributed by atoms with Crippen LogP contribution in [0.3, 0.4) is 0 Å². The van der Waals surface area contributed by atoms with Crippen molar-refractivity contribution in [1.82, 2.24) is 15.2 Å². The van der Waals surface area contributed by atoms with Crippen LogP contribution in [0.15, 0.2) is 35.4 Å². The molecule has 2 aromatic rings. The highest BCUT2D eigenvalue weighted by molar-refractivity contribution is 5.93. The van der Waals surface area contributed by atoms with Gasteiger partial charge in [0.2, 0.25) is 0 Å². The van der Waals surface area contributed by atoms with Crippen molar-refractivity contribution in [2.75, 3.05) is 7.11 Å². The van der Waals surface area contributed by atoms with Crippen LogP contribution in [-0.4, -0.2) is 29.0 Å². The molecule has 0 saturated heterocycles. The molecule has 110 valence electrons. The van der Waals surface area contributed by atoms with Gasteiger partial charge in [0.05, 0.1) is 19.0 Å². The quantitative estimate of drug-likeness (QED) is 0.672. The Bertz CT molecular complexity index is 661. The molecule has 1 aromatic heterocycles. The maximum absolute atomic E-state index is 12.0. The molecule has 0 atom stereocenters. The Labute approximate surface area is 123 Å². The number of carbonyl (C=O) groups is 1. The highest BCUT2D eigenvalue weighted by Crippen LogP contribution is 2.14. The van der Waals surface area contributed by atoms with E-state index >= 15 is 0 Å². The number of nitrogens with one attached hydrogen (secondary N) is 1. The second kappa shape index (κ2) is 6.69. The van der Waals surface area contributed by atoms with Crippen LogP contribution in [0.4, 0.5) is 0 Å². The molecule has 0 aliphatic carbocycles. The molecule has 1 aromatic carbocycles. The van der Waals surface area contributed by atoms with E-state index < -0.39 is 0 Å². The summed E-state index contributed by atoms with van der Waals surface area (Å²) in [7, 11) is 3.32. The van der Waals surface area contributed by atoms with Crippen LogP contribution in [-0.2, 0) is 13.5 Å². The van der Waals surface area contributed by atoms with E-state index in [0.717, 1.165) is 17.7 Å². The number of aromatic nitrogens is 2. The van der Waals surface area contributed by atoms with Crippen LogP contribution in [0.2, 0.25) is 0 Å². The molecule has 21 heavy (non-hydrogen) atoms. The molecule has 0 bridgehead atoms. The zero-order valence-electron chi connectivity index (χ0n) is 12.3. The maximum Gasteiger partial charge on any atom is 0.289 e. The van der Waals surface area contributed by atoms with Gasteiger partial charge in [0.1, 0.15) is 11.4 Å². The molecule has 0 spiro atoms. The van der Waals surface area contributed by atoms with Gasteiger partial charge in [-0.15, -0.1) is 0 Å². The summed E-state index contributed by atoms with van der Waals surface area (Å²) >= 11 is 0. The molecule has 1 heterocycles. The van der Waals surface area contributed by atoms with E-state index in [0.29, 0.717) is 11.4 Å². The molecular weight excluding hydrogens is 268 g/mol. The van der Waals surface area contributed by atoms with Crippen molar-refractivity contribution in [1.29, 1.82) is 0 Å². The number of hydrogen-bond donors (Lipinski definition) is 1. The lowest BCUT2D eigenvalue weighted by Crippen LogP contribution is -2.20. The Morgan fingerprint density at radius 1 is 1.48 bits per heavy atom. The number of hydrogen-bond acceptors (Lipinski definition) is 4. The van der Waals surface area contributed by atoms with E-state index in [1.807, 2.05) is 31.2 Å². The number of carbonyl (C=O) groups excluding carboxylic acids is 1. The Kier molecular flexibility index (Phi) is 4.71. The molecular formula is C15H18N4O2. The first-order valence-corrected chi connectivity index (χ1v) is 6.65. The highest BCUT2D eigenvalue weighted by Gasteiger charge is 2.11. The first kappa shape index (κ1) is 14.8. The predicted octanol–water partition coefficient (Wildman–Crippen LogP) is 1.75. The van der Waals surface area contributed by atoms with E-state index in [2.05, 4.69) is 15.6 Å². The Morgan fingerprint density at radius 3 is 2.90 bits per heavy atom. The summed E-state index contributed by atoms with van der Waals surface area (Å²) in [6.07, 6.45) is 2.33. The normalized spacial score (nSPS) is 10.8. The Hall–Kier alpha value is -2.63. The highest BCUT2D eigenvalue weighted by atomic mass is 16.5. The van der Waals surface area contributed by atoms with E-state index in [9.17, 15) is 4.79 Å². The number of nitrogens with zero attached hydrogens (tertiary/aromatic N) is 3. The van der Waals surface area contributed by atoms with E-state index in [1.54, 1.807) is 31.1 Å². The lowest BCUT2D eigenvalue weighted by molar-refractivity contribution is 0.0945. The van der Waals surface area contributed by atoms with Crippen molar-refractivity contribution in [3.63, 3.8) is 0 Å². The summed E-state index contributed by atoms with van der Waals surface area (Å²) < 4.78 is 6.75. The summed E-state index contributed by atoms with van der Waals surface area (Å²) in [6, 6.07) is 9.19. The van der Waals surface area contributed by atoms with Gasteiger partial charge < -0.3 is 4.74 Å². The van der Waals surface area contributed by atoms with Gasteiger partial charge in [-0.1, -0.05) is 19.1 Å². The van der Waals surface area contributed by atoms with Gasteiger partial charge in [-0.3, -0.25) is 9.48 Å². The van der Waals surface area contributed by atoms with Gasteiger partial charge in [-0.05, 0) is 24.6 Å². The average molecular weight is 286 g/mol. The SMILES string of the molecule is CCc1cc(C(=O)N/N=C/c2ccccc2OC)n(C)n1. The summed E-state index contributed by atoms with van der Waals surface area (Å²) in [5.41, 5.74) is 4.63. The molecule has 0 unspecified atom stereocenters. The number of benzene rings is 1. The molecule has 0 radical (unpaired) electrons. The lowest BCUT2D eigenvalue weighted by atomic mass is 10.2. The van der Waals surface area contributed by atoms with Gasteiger partial charge >= 0.3 is 0 Å². The van der Waals surface area contributed by atoms with Crippen LogP contribution >= 0.6 is 0 Å². The van der Waals surface area contributed by atoms with Crippen molar-refractivity contribution in [2.45, 2.75) is 13.3 Å². The molecule has 6 nitrogen and oxygen atoms in total. The average Bonchev–Trinajstić information content (AvgIpc) is 2.89. The zero-order valence-corrected chi connectivity index (χ0v) is 12.3. The van der Waals surface area contributed by atoms with Crippen LogP contribution in [0, 0.1) is 0 Å². The number of methoxy groups -OCH3 is 1. The fourth-order valence-electron chi connectivity index (χ4n) is 1.90. The fraction of sp³-hybridized carbons (Fsp3) is 0.267. The minimum absolute atomic E-state index is 0.296. The van der Waals surface area contributed by atoms with Gasteiger partial charge in [0.15, 0.2) is 0 Å². The lowest BCUT2D eigenvalue weighted by Gasteiger charge is -2.03. The van der Waals surface area contributed by atoms with Gasteiger partial charge in [0.25, 0.3) is 5.91 Å². The second-order valence-electron chi connectivity index (χ2n) is 4.44. The minimum atomic E-state index is -0.296. The van der Waals surface area contributed by atoms with Crippen LogP contribution in [0.1, 0.15) is 28.7 Å². The Morgan fingerprint density at radius 2 is 2.24 bits per heavy atom. The Balaban J connectivity index is 2.06. The number of hydrazone groups is 1. The first-order valence-electron chi connectivity index (χ1n) is 6.65. The number of para-hydroxylation sites is 1. The van der Waals surface area contributed by atoms with Crippen molar-refractivity contribution in [2.24, 2.45) is 12.1 Å². The molecule has 0 fully saturated rings. The molecule has 0 aliphatic heterocycles. The smallest absolute Gasteiger partial charge is 0.289 e. The third-order valence-corrected chi connectivity index (χ3v) is 3.03. The van der Waals surface area contributed by atoms with E-state index in [-0.39, 0.29) is 5.91 Å². The van der Waals surface area contributed by atoms with Crippen molar-refractivity contribution >= 4 is 12.1 Å². The predicted molar refractivity (Wildman–Crippen MR) is 80.6 cm³/mol. The third kappa shape index (κ3) is 3.47. The van der Waals surface area contributed by atoms with Crippen LogP contribution in [0.25, 0.3) is 0 Å². The summed E-state index contributed by atoms with van der Waals surface area (Å²) in [5, 5.41) is 8.18. The fourth-order valence-corrected chi connectivity index (χ4v) is 1.90. The monoisotopic (exact) mass is 286 g/mol. The van der Waals surface area contributed by atoms with Crippen LogP contribution < -0.4 is 10.2 Å². The van der Waals surface area contributed by atoms with Crippen molar-refractivity contribution < 1.29 is 9.53 Å². The number of aryl methyl sites for hydroxylation is 2. The molecule has 0 aliphatic rings. The number of amides is 1. The van der Waals surface area contributed by atoms with Gasteiger partial charge in [-0.2, -0.15) is 10.2 Å².